The Kier molecular flexibility index (Phi) is 4.13. The Morgan fingerprint density at radius 1 is 1.00 bits per heavy atom. The number of anilines is 1. The number of hydrogen-bond acceptors (Lipinski definition) is 4. The van der Waals surface area contributed by atoms with Gasteiger partial charge in [-0.15, -0.1) is 0 Å². The molecule has 0 aliphatic rings. The molecule has 8 heteroatoms. The fraction of sp³-hybridized carbons (Fsp3) is 0. The highest BCUT2D eigenvalue weighted by Crippen LogP contribution is 2.20. The summed E-state index contributed by atoms with van der Waals surface area (Å²) in [4.78, 5) is 18.2. The second-order valence-electron chi connectivity index (χ2n) is 4.93. The SMILES string of the molecule is O=c1[nH]cc(-c2ccncc2)cc1NS(=O)(=O)c1ccc(F)cc1. The average Bonchev–Trinajstić information content (AvgIpc) is 2.58. The second kappa shape index (κ2) is 6.25. The zero-order valence-corrected chi connectivity index (χ0v) is 13.0. The van der Waals surface area contributed by atoms with Crippen LogP contribution < -0.4 is 10.3 Å². The van der Waals surface area contributed by atoms with E-state index in [4.69, 9.17) is 0 Å². The molecule has 3 rings (SSSR count). The first-order valence-electron chi connectivity index (χ1n) is 6.87. The predicted molar refractivity (Wildman–Crippen MR) is 87.5 cm³/mol. The lowest BCUT2D eigenvalue weighted by molar-refractivity contribution is 0.599. The molecule has 0 amide bonds. The number of halogens is 1. The predicted octanol–water partition coefficient (Wildman–Crippen LogP) is 2.38. The molecule has 2 N–H and O–H groups in total. The van der Waals surface area contributed by atoms with Gasteiger partial charge in [0, 0.05) is 24.2 Å². The Morgan fingerprint density at radius 2 is 1.67 bits per heavy atom. The van der Waals surface area contributed by atoms with Gasteiger partial charge in [-0.3, -0.25) is 14.5 Å². The van der Waals surface area contributed by atoms with E-state index >= 15 is 0 Å². The van der Waals surface area contributed by atoms with Crippen molar-refractivity contribution in [2.24, 2.45) is 0 Å². The van der Waals surface area contributed by atoms with Gasteiger partial charge in [0.05, 0.1) is 4.90 Å². The lowest BCUT2D eigenvalue weighted by Crippen LogP contribution is -2.20. The molecule has 0 radical (unpaired) electrons. The van der Waals surface area contributed by atoms with Crippen molar-refractivity contribution in [1.29, 1.82) is 0 Å². The molecule has 2 aromatic heterocycles. The van der Waals surface area contributed by atoms with Crippen LogP contribution in [0.3, 0.4) is 0 Å². The highest BCUT2D eigenvalue weighted by atomic mass is 32.2. The van der Waals surface area contributed by atoms with Gasteiger partial charge in [-0.05, 0) is 48.0 Å². The summed E-state index contributed by atoms with van der Waals surface area (Å²) in [5.74, 6) is -0.550. The molecular weight excluding hydrogens is 333 g/mol. The first kappa shape index (κ1) is 15.9. The fourth-order valence-corrected chi connectivity index (χ4v) is 3.14. The Labute approximate surface area is 137 Å². The number of hydrogen-bond donors (Lipinski definition) is 2. The maximum Gasteiger partial charge on any atom is 0.272 e. The quantitative estimate of drug-likeness (QED) is 0.759. The summed E-state index contributed by atoms with van der Waals surface area (Å²) in [6, 6.07) is 9.20. The number of nitrogens with one attached hydrogen (secondary N) is 2. The summed E-state index contributed by atoms with van der Waals surface area (Å²) in [5, 5.41) is 0. The van der Waals surface area contributed by atoms with E-state index < -0.39 is 21.4 Å². The van der Waals surface area contributed by atoms with Gasteiger partial charge in [0.1, 0.15) is 11.5 Å². The molecule has 0 unspecified atom stereocenters. The molecule has 122 valence electrons. The zero-order valence-electron chi connectivity index (χ0n) is 12.2. The minimum absolute atomic E-state index is 0.131. The van der Waals surface area contributed by atoms with Gasteiger partial charge in [-0.2, -0.15) is 0 Å². The van der Waals surface area contributed by atoms with Crippen LogP contribution in [0.15, 0.2) is 70.7 Å². The lowest BCUT2D eigenvalue weighted by Gasteiger charge is -2.09. The van der Waals surface area contributed by atoms with E-state index in [2.05, 4.69) is 14.7 Å². The molecule has 1 aromatic carbocycles. The van der Waals surface area contributed by atoms with Crippen LogP contribution in [0.1, 0.15) is 0 Å². The van der Waals surface area contributed by atoms with Gasteiger partial charge >= 0.3 is 0 Å². The topological polar surface area (TPSA) is 91.9 Å². The summed E-state index contributed by atoms with van der Waals surface area (Å²) in [6.45, 7) is 0. The lowest BCUT2D eigenvalue weighted by atomic mass is 10.1. The molecule has 2 heterocycles. The minimum Gasteiger partial charge on any atom is -0.327 e. The normalized spacial score (nSPS) is 11.2. The molecule has 0 aliphatic heterocycles. The van der Waals surface area contributed by atoms with E-state index in [1.54, 1.807) is 24.5 Å². The van der Waals surface area contributed by atoms with Crippen LogP contribution in [-0.4, -0.2) is 18.4 Å². The smallest absolute Gasteiger partial charge is 0.272 e. The van der Waals surface area contributed by atoms with Crippen molar-refractivity contribution >= 4 is 15.7 Å². The summed E-state index contributed by atoms with van der Waals surface area (Å²) < 4.78 is 39.8. The number of rotatable bonds is 4. The van der Waals surface area contributed by atoms with E-state index in [0.717, 1.165) is 29.8 Å². The van der Waals surface area contributed by atoms with Crippen molar-refractivity contribution in [2.45, 2.75) is 4.90 Å². The number of nitrogens with zero attached hydrogens (tertiary/aromatic N) is 1. The molecule has 0 aliphatic carbocycles. The number of benzene rings is 1. The van der Waals surface area contributed by atoms with Gasteiger partial charge in [0.2, 0.25) is 0 Å². The molecule has 0 saturated heterocycles. The van der Waals surface area contributed by atoms with E-state index in [9.17, 15) is 17.6 Å². The van der Waals surface area contributed by atoms with Crippen LogP contribution in [0, 0.1) is 5.82 Å². The molecule has 0 atom stereocenters. The van der Waals surface area contributed by atoms with Gasteiger partial charge in [-0.25, -0.2) is 12.8 Å². The third-order valence-corrected chi connectivity index (χ3v) is 4.67. The van der Waals surface area contributed by atoms with Gasteiger partial charge in [-0.1, -0.05) is 0 Å². The monoisotopic (exact) mass is 345 g/mol. The molecule has 0 saturated carbocycles. The van der Waals surface area contributed by atoms with E-state index in [1.165, 1.54) is 12.3 Å². The first-order chi connectivity index (χ1) is 11.5. The summed E-state index contributed by atoms with van der Waals surface area (Å²) in [7, 11) is -4.00. The van der Waals surface area contributed by atoms with Crippen molar-refractivity contribution in [3.63, 3.8) is 0 Å². The third kappa shape index (κ3) is 3.33. The fourth-order valence-electron chi connectivity index (χ4n) is 2.09. The van der Waals surface area contributed by atoms with Crippen molar-refractivity contribution in [1.82, 2.24) is 9.97 Å². The highest BCUT2D eigenvalue weighted by molar-refractivity contribution is 7.92. The molecule has 3 aromatic rings. The number of pyridine rings is 2. The van der Waals surface area contributed by atoms with Crippen molar-refractivity contribution in [3.05, 3.63) is 77.2 Å². The Bertz CT molecular complexity index is 1020. The molecule has 0 bridgehead atoms. The van der Waals surface area contributed by atoms with Crippen molar-refractivity contribution in [2.75, 3.05) is 4.72 Å². The highest BCUT2D eigenvalue weighted by Gasteiger charge is 2.16. The first-order valence-corrected chi connectivity index (χ1v) is 8.35. The van der Waals surface area contributed by atoms with E-state index in [0.29, 0.717) is 5.56 Å². The van der Waals surface area contributed by atoms with Crippen LogP contribution in [0.2, 0.25) is 0 Å². The Morgan fingerprint density at radius 3 is 2.33 bits per heavy atom. The number of H-pyrrole nitrogens is 1. The van der Waals surface area contributed by atoms with Crippen molar-refractivity contribution < 1.29 is 12.8 Å². The standard InChI is InChI=1S/C16H12FN3O3S/c17-13-1-3-14(4-2-13)24(22,23)20-15-9-12(10-19-16(15)21)11-5-7-18-8-6-11/h1-10,20H,(H,19,21). The summed E-state index contributed by atoms with van der Waals surface area (Å²) in [6.07, 6.45) is 4.65. The number of sulfonamides is 1. The maximum atomic E-state index is 12.9. The largest absolute Gasteiger partial charge is 0.327 e. The molecule has 0 spiro atoms. The average molecular weight is 345 g/mol. The molecule has 6 nitrogen and oxygen atoms in total. The molecule has 0 fully saturated rings. The minimum atomic E-state index is -4.00. The second-order valence-corrected chi connectivity index (χ2v) is 6.61. The van der Waals surface area contributed by atoms with Crippen LogP contribution in [0.25, 0.3) is 11.1 Å². The number of aromatic amines is 1. The van der Waals surface area contributed by atoms with Gasteiger partial charge < -0.3 is 4.98 Å². The Hall–Kier alpha value is -3.00. The molecular formula is C16H12FN3O3S. The summed E-state index contributed by atoms with van der Waals surface area (Å²) >= 11 is 0. The number of aromatic nitrogens is 2. The van der Waals surface area contributed by atoms with Crippen LogP contribution in [-0.2, 0) is 10.0 Å². The van der Waals surface area contributed by atoms with E-state index in [-0.39, 0.29) is 10.6 Å². The van der Waals surface area contributed by atoms with Gasteiger partial charge in [0.25, 0.3) is 15.6 Å². The third-order valence-electron chi connectivity index (χ3n) is 3.29. The van der Waals surface area contributed by atoms with Crippen molar-refractivity contribution in [3.8, 4) is 11.1 Å². The van der Waals surface area contributed by atoms with E-state index in [1.807, 2.05) is 0 Å². The molecule has 24 heavy (non-hydrogen) atoms. The zero-order chi connectivity index (χ0) is 17.2. The van der Waals surface area contributed by atoms with Gasteiger partial charge in [0.15, 0.2) is 0 Å². The Balaban J connectivity index is 1.98. The summed E-state index contributed by atoms with van der Waals surface area (Å²) in [5.41, 5.74) is 0.671. The van der Waals surface area contributed by atoms with Crippen LogP contribution in [0.4, 0.5) is 10.1 Å². The maximum absolute atomic E-state index is 12.9. The van der Waals surface area contributed by atoms with Crippen LogP contribution in [0.5, 0.6) is 0 Å². The van der Waals surface area contributed by atoms with Crippen LogP contribution >= 0.6 is 0 Å².